The third-order valence-electron chi connectivity index (χ3n) is 3.49. The fraction of sp³-hybridized carbons (Fsp3) is 0.455. The standard InChI is InChI=1S/C11H12N2O2/c1-13-6-11(2-3-11)8-5-12-4-7(9(8)13)10(14)15/h4-5H,2-3,6H2,1H3,(H,14,15). The second-order valence-electron chi connectivity index (χ2n) is 4.52. The number of carbonyl (C=O) groups is 1. The molecule has 4 heteroatoms. The smallest absolute Gasteiger partial charge is 0.339 e. The molecule has 0 atom stereocenters. The van der Waals surface area contributed by atoms with Gasteiger partial charge in [-0.05, 0) is 12.8 Å². The third kappa shape index (κ3) is 1.02. The first-order valence-corrected chi connectivity index (χ1v) is 5.07. The number of rotatable bonds is 1. The summed E-state index contributed by atoms with van der Waals surface area (Å²) in [5, 5.41) is 9.09. The molecule has 0 unspecified atom stereocenters. The number of aromatic carboxylic acids is 1. The van der Waals surface area contributed by atoms with Gasteiger partial charge in [-0.15, -0.1) is 0 Å². The molecule has 0 saturated heterocycles. The zero-order valence-corrected chi connectivity index (χ0v) is 8.53. The number of nitrogens with zero attached hydrogens (tertiary/aromatic N) is 2. The van der Waals surface area contributed by atoms with Crippen LogP contribution in [0.5, 0.6) is 0 Å². The second-order valence-corrected chi connectivity index (χ2v) is 4.52. The molecule has 2 aliphatic rings. The molecule has 0 bridgehead atoms. The Hall–Kier alpha value is -1.58. The van der Waals surface area contributed by atoms with Gasteiger partial charge < -0.3 is 10.0 Å². The molecule has 3 rings (SSSR count). The summed E-state index contributed by atoms with van der Waals surface area (Å²) in [6.07, 6.45) is 5.60. The van der Waals surface area contributed by atoms with Gasteiger partial charge in [0, 0.05) is 37.0 Å². The minimum atomic E-state index is -0.885. The molecular weight excluding hydrogens is 192 g/mol. The molecule has 15 heavy (non-hydrogen) atoms. The van der Waals surface area contributed by atoms with E-state index in [2.05, 4.69) is 4.98 Å². The number of anilines is 1. The van der Waals surface area contributed by atoms with Crippen molar-refractivity contribution in [2.45, 2.75) is 18.3 Å². The van der Waals surface area contributed by atoms with Gasteiger partial charge in [-0.1, -0.05) is 0 Å². The van der Waals surface area contributed by atoms with Crippen molar-refractivity contribution in [3.05, 3.63) is 23.5 Å². The SMILES string of the molecule is CN1CC2(CC2)c2cncc(C(=O)O)c21. The van der Waals surface area contributed by atoms with Crippen molar-refractivity contribution in [2.75, 3.05) is 18.5 Å². The average Bonchev–Trinajstić information content (AvgIpc) is 2.91. The number of aromatic nitrogens is 1. The zero-order chi connectivity index (χ0) is 10.6. The highest BCUT2D eigenvalue weighted by atomic mass is 16.4. The van der Waals surface area contributed by atoms with Gasteiger partial charge in [0.1, 0.15) is 5.56 Å². The summed E-state index contributed by atoms with van der Waals surface area (Å²) in [5.74, 6) is -0.885. The molecule has 1 aliphatic heterocycles. The summed E-state index contributed by atoms with van der Waals surface area (Å²) in [6, 6.07) is 0. The predicted molar refractivity (Wildman–Crippen MR) is 55.4 cm³/mol. The fourth-order valence-corrected chi connectivity index (χ4v) is 2.61. The van der Waals surface area contributed by atoms with Crippen LogP contribution in [-0.4, -0.2) is 29.7 Å². The Kier molecular flexibility index (Phi) is 1.45. The van der Waals surface area contributed by atoms with E-state index < -0.39 is 5.97 Å². The van der Waals surface area contributed by atoms with E-state index in [0.717, 1.165) is 30.6 Å². The Bertz CT molecular complexity index is 452. The van der Waals surface area contributed by atoms with Crippen LogP contribution < -0.4 is 4.90 Å². The Morgan fingerprint density at radius 1 is 1.53 bits per heavy atom. The van der Waals surface area contributed by atoms with E-state index in [-0.39, 0.29) is 5.41 Å². The van der Waals surface area contributed by atoms with Crippen molar-refractivity contribution in [2.24, 2.45) is 0 Å². The van der Waals surface area contributed by atoms with Gasteiger partial charge in [0.05, 0.1) is 5.69 Å². The van der Waals surface area contributed by atoms with Crippen LogP contribution in [0.2, 0.25) is 0 Å². The lowest BCUT2D eigenvalue weighted by Gasteiger charge is -2.13. The highest BCUT2D eigenvalue weighted by molar-refractivity contribution is 5.96. The molecule has 1 saturated carbocycles. The minimum Gasteiger partial charge on any atom is -0.478 e. The van der Waals surface area contributed by atoms with Gasteiger partial charge in [0.2, 0.25) is 0 Å². The van der Waals surface area contributed by atoms with Gasteiger partial charge >= 0.3 is 5.97 Å². The number of hydrogen-bond donors (Lipinski definition) is 1. The monoisotopic (exact) mass is 204 g/mol. The molecule has 2 heterocycles. The van der Waals surface area contributed by atoms with Crippen molar-refractivity contribution in [1.29, 1.82) is 0 Å². The minimum absolute atomic E-state index is 0.225. The number of hydrogen-bond acceptors (Lipinski definition) is 3. The van der Waals surface area contributed by atoms with E-state index in [9.17, 15) is 4.79 Å². The predicted octanol–water partition coefficient (Wildman–Crippen LogP) is 1.26. The molecule has 0 radical (unpaired) electrons. The fourth-order valence-electron chi connectivity index (χ4n) is 2.61. The average molecular weight is 204 g/mol. The number of fused-ring (bicyclic) bond motifs is 2. The Morgan fingerprint density at radius 3 is 2.87 bits per heavy atom. The molecule has 1 N–H and O–H groups in total. The molecule has 1 aliphatic carbocycles. The molecule has 1 aromatic heterocycles. The highest BCUT2D eigenvalue weighted by Crippen LogP contribution is 2.56. The van der Waals surface area contributed by atoms with Gasteiger partial charge in [-0.25, -0.2) is 4.79 Å². The van der Waals surface area contributed by atoms with E-state index >= 15 is 0 Å². The van der Waals surface area contributed by atoms with Crippen LogP contribution in [0.1, 0.15) is 28.8 Å². The largest absolute Gasteiger partial charge is 0.478 e. The molecule has 0 amide bonds. The van der Waals surface area contributed by atoms with Crippen LogP contribution in [0.25, 0.3) is 0 Å². The van der Waals surface area contributed by atoms with Crippen LogP contribution in [0.3, 0.4) is 0 Å². The molecule has 1 fully saturated rings. The summed E-state index contributed by atoms with van der Waals surface area (Å²) in [4.78, 5) is 17.2. The van der Waals surface area contributed by atoms with Gasteiger partial charge in [-0.3, -0.25) is 4.98 Å². The number of likely N-dealkylation sites (N-methyl/N-ethyl adjacent to an activating group) is 1. The maximum Gasteiger partial charge on any atom is 0.339 e. The van der Waals surface area contributed by atoms with Crippen molar-refractivity contribution < 1.29 is 9.90 Å². The van der Waals surface area contributed by atoms with Crippen molar-refractivity contribution >= 4 is 11.7 Å². The first kappa shape index (κ1) is 8.71. The molecule has 0 aromatic carbocycles. The molecule has 1 aromatic rings. The first-order valence-electron chi connectivity index (χ1n) is 5.07. The maximum atomic E-state index is 11.1. The maximum absolute atomic E-state index is 11.1. The molecule has 4 nitrogen and oxygen atoms in total. The van der Waals surface area contributed by atoms with Crippen molar-refractivity contribution in [3.63, 3.8) is 0 Å². The molecule has 78 valence electrons. The number of carboxylic acid groups (broad SMARTS) is 1. The summed E-state index contributed by atoms with van der Waals surface area (Å²) in [5.41, 5.74) is 2.56. The summed E-state index contributed by atoms with van der Waals surface area (Å²) in [6.45, 7) is 0.939. The second kappa shape index (κ2) is 2.51. The summed E-state index contributed by atoms with van der Waals surface area (Å²) in [7, 11) is 1.96. The Labute approximate surface area is 87.5 Å². The molecular formula is C11H12N2O2. The van der Waals surface area contributed by atoms with E-state index in [1.807, 2.05) is 18.1 Å². The van der Waals surface area contributed by atoms with Crippen molar-refractivity contribution in [3.8, 4) is 0 Å². The van der Waals surface area contributed by atoms with Gasteiger partial charge in [0.15, 0.2) is 0 Å². The van der Waals surface area contributed by atoms with Gasteiger partial charge in [-0.2, -0.15) is 0 Å². The number of pyridine rings is 1. The molecule has 1 spiro atoms. The van der Waals surface area contributed by atoms with E-state index in [0.29, 0.717) is 5.56 Å². The van der Waals surface area contributed by atoms with E-state index in [1.54, 1.807) is 0 Å². The van der Waals surface area contributed by atoms with Crippen LogP contribution >= 0.6 is 0 Å². The topological polar surface area (TPSA) is 53.4 Å². The quantitative estimate of drug-likeness (QED) is 0.748. The Balaban J connectivity index is 2.23. The Morgan fingerprint density at radius 2 is 2.27 bits per heavy atom. The van der Waals surface area contributed by atoms with Crippen molar-refractivity contribution in [1.82, 2.24) is 4.98 Å². The first-order chi connectivity index (χ1) is 7.14. The van der Waals surface area contributed by atoms with Crippen LogP contribution in [0.4, 0.5) is 5.69 Å². The summed E-state index contributed by atoms with van der Waals surface area (Å²) >= 11 is 0. The third-order valence-corrected chi connectivity index (χ3v) is 3.49. The normalized spacial score (nSPS) is 20.5. The summed E-state index contributed by atoms with van der Waals surface area (Å²) < 4.78 is 0. The van der Waals surface area contributed by atoms with E-state index in [4.69, 9.17) is 5.11 Å². The van der Waals surface area contributed by atoms with Crippen LogP contribution in [-0.2, 0) is 5.41 Å². The number of carboxylic acids is 1. The lowest BCUT2D eigenvalue weighted by atomic mass is 9.99. The highest BCUT2D eigenvalue weighted by Gasteiger charge is 2.52. The lowest BCUT2D eigenvalue weighted by Crippen LogP contribution is -2.20. The van der Waals surface area contributed by atoms with Gasteiger partial charge in [0.25, 0.3) is 0 Å². The van der Waals surface area contributed by atoms with Crippen LogP contribution in [0.15, 0.2) is 12.4 Å². The zero-order valence-electron chi connectivity index (χ0n) is 8.53. The lowest BCUT2D eigenvalue weighted by molar-refractivity contribution is 0.0697. The van der Waals surface area contributed by atoms with E-state index in [1.165, 1.54) is 6.20 Å². The van der Waals surface area contributed by atoms with Crippen LogP contribution in [0, 0.1) is 0 Å².